The van der Waals surface area contributed by atoms with Crippen molar-refractivity contribution in [1.82, 2.24) is 15.1 Å². The van der Waals surface area contributed by atoms with Crippen molar-refractivity contribution in [3.8, 4) is 0 Å². The molecular weight excluding hydrogens is 246 g/mol. The van der Waals surface area contributed by atoms with Crippen molar-refractivity contribution in [3.63, 3.8) is 0 Å². The zero-order valence-corrected chi connectivity index (χ0v) is 13.4. The fourth-order valence-corrected chi connectivity index (χ4v) is 4.87. The van der Waals surface area contributed by atoms with Crippen LogP contribution in [0.5, 0.6) is 0 Å². The summed E-state index contributed by atoms with van der Waals surface area (Å²) >= 11 is 0. The molecule has 116 valence electrons. The second-order valence-corrected chi connectivity index (χ2v) is 7.17. The molecule has 1 unspecified atom stereocenters. The lowest BCUT2D eigenvalue weighted by atomic mass is 9.77. The maximum Gasteiger partial charge on any atom is 0.0337 e. The summed E-state index contributed by atoms with van der Waals surface area (Å²) in [6, 6.07) is 0.853. The first kappa shape index (κ1) is 14.8. The summed E-state index contributed by atoms with van der Waals surface area (Å²) in [5.74, 6) is 0. The van der Waals surface area contributed by atoms with Gasteiger partial charge in [0, 0.05) is 31.2 Å². The van der Waals surface area contributed by atoms with Crippen molar-refractivity contribution < 1.29 is 0 Å². The molecule has 2 saturated heterocycles. The van der Waals surface area contributed by atoms with Gasteiger partial charge in [-0.2, -0.15) is 0 Å². The number of hydrogen-bond acceptors (Lipinski definition) is 3. The van der Waals surface area contributed by atoms with Crippen LogP contribution in [0.1, 0.15) is 58.3 Å². The Morgan fingerprint density at radius 1 is 1.00 bits per heavy atom. The third-order valence-corrected chi connectivity index (χ3v) is 6.06. The van der Waals surface area contributed by atoms with Gasteiger partial charge in [-0.05, 0) is 51.7 Å². The Hall–Kier alpha value is -0.120. The maximum absolute atomic E-state index is 3.70. The Balaban J connectivity index is 1.69. The van der Waals surface area contributed by atoms with E-state index in [1.165, 1.54) is 90.6 Å². The number of piperazine rings is 1. The van der Waals surface area contributed by atoms with Crippen molar-refractivity contribution in [2.75, 3.05) is 39.3 Å². The van der Waals surface area contributed by atoms with E-state index in [2.05, 4.69) is 22.0 Å². The van der Waals surface area contributed by atoms with Gasteiger partial charge in [-0.15, -0.1) is 0 Å². The smallest absolute Gasteiger partial charge is 0.0337 e. The molecule has 3 nitrogen and oxygen atoms in total. The van der Waals surface area contributed by atoms with Gasteiger partial charge in [0.15, 0.2) is 0 Å². The van der Waals surface area contributed by atoms with E-state index in [1.54, 1.807) is 0 Å². The van der Waals surface area contributed by atoms with Crippen LogP contribution in [0, 0.1) is 0 Å². The highest BCUT2D eigenvalue weighted by atomic mass is 15.3. The van der Waals surface area contributed by atoms with E-state index in [0.717, 1.165) is 6.04 Å². The molecule has 0 aromatic rings. The first-order valence-electron chi connectivity index (χ1n) is 9.04. The largest absolute Gasteiger partial charge is 0.314 e. The molecule has 3 fully saturated rings. The minimum Gasteiger partial charge on any atom is -0.314 e. The highest BCUT2D eigenvalue weighted by Crippen LogP contribution is 2.37. The lowest BCUT2D eigenvalue weighted by Gasteiger charge is -2.53. The van der Waals surface area contributed by atoms with E-state index in [-0.39, 0.29) is 0 Å². The van der Waals surface area contributed by atoms with Crippen molar-refractivity contribution in [2.45, 2.75) is 69.9 Å². The molecule has 2 heterocycles. The van der Waals surface area contributed by atoms with Gasteiger partial charge in [0.05, 0.1) is 0 Å². The average Bonchev–Trinajstić information content (AvgIpc) is 2.74. The van der Waals surface area contributed by atoms with E-state index in [1.807, 2.05) is 0 Å². The molecule has 0 aromatic heterocycles. The van der Waals surface area contributed by atoms with Crippen molar-refractivity contribution in [3.05, 3.63) is 0 Å². The Morgan fingerprint density at radius 2 is 1.85 bits per heavy atom. The van der Waals surface area contributed by atoms with Crippen LogP contribution in [0.2, 0.25) is 0 Å². The van der Waals surface area contributed by atoms with Gasteiger partial charge in [-0.1, -0.05) is 26.2 Å². The van der Waals surface area contributed by atoms with Gasteiger partial charge >= 0.3 is 0 Å². The van der Waals surface area contributed by atoms with Crippen LogP contribution < -0.4 is 5.32 Å². The molecule has 3 rings (SSSR count). The quantitative estimate of drug-likeness (QED) is 0.838. The zero-order chi connectivity index (χ0) is 13.8. The summed E-state index contributed by atoms with van der Waals surface area (Å²) in [5.41, 5.74) is 0.516. The molecule has 0 amide bonds. The third-order valence-electron chi connectivity index (χ3n) is 6.06. The summed E-state index contributed by atoms with van der Waals surface area (Å²) in [4.78, 5) is 5.61. The molecule has 1 atom stereocenters. The van der Waals surface area contributed by atoms with Crippen molar-refractivity contribution in [1.29, 1.82) is 0 Å². The Bertz CT molecular complexity index is 290. The van der Waals surface area contributed by atoms with E-state index in [9.17, 15) is 0 Å². The molecule has 3 heteroatoms. The topological polar surface area (TPSA) is 18.5 Å². The molecule has 1 N–H and O–H groups in total. The summed E-state index contributed by atoms with van der Waals surface area (Å²) in [7, 11) is 0. The zero-order valence-electron chi connectivity index (χ0n) is 13.4. The summed E-state index contributed by atoms with van der Waals surface area (Å²) in [5, 5.41) is 3.70. The molecule has 1 saturated carbocycles. The van der Waals surface area contributed by atoms with Crippen LogP contribution in [0.25, 0.3) is 0 Å². The molecule has 3 aliphatic rings. The third kappa shape index (κ3) is 3.05. The normalized spacial score (nSPS) is 33.1. The highest BCUT2D eigenvalue weighted by molar-refractivity contribution is 5.00. The predicted molar refractivity (Wildman–Crippen MR) is 85.1 cm³/mol. The number of nitrogens with one attached hydrogen (secondary N) is 1. The molecular formula is C17H33N3. The van der Waals surface area contributed by atoms with Gasteiger partial charge in [0.25, 0.3) is 0 Å². The maximum atomic E-state index is 3.70. The van der Waals surface area contributed by atoms with E-state index >= 15 is 0 Å². The van der Waals surface area contributed by atoms with Crippen molar-refractivity contribution in [2.24, 2.45) is 0 Å². The first-order chi connectivity index (χ1) is 9.84. The molecule has 1 spiro atoms. The minimum absolute atomic E-state index is 0.516. The van der Waals surface area contributed by atoms with E-state index in [4.69, 9.17) is 0 Å². The molecule has 2 aliphatic heterocycles. The molecule has 20 heavy (non-hydrogen) atoms. The SMILES string of the molecule is CCN1CCCC(N2CCNCC23CCCCC3)CC1. The van der Waals surface area contributed by atoms with E-state index < -0.39 is 0 Å². The molecule has 0 radical (unpaired) electrons. The van der Waals surface area contributed by atoms with Crippen LogP contribution in [0.3, 0.4) is 0 Å². The summed E-state index contributed by atoms with van der Waals surface area (Å²) in [6.07, 6.45) is 11.5. The second kappa shape index (κ2) is 6.76. The van der Waals surface area contributed by atoms with Crippen LogP contribution in [0.4, 0.5) is 0 Å². The van der Waals surface area contributed by atoms with Crippen LogP contribution in [0.15, 0.2) is 0 Å². The fraction of sp³-hybridized carbons (Fsp3) is 1.00. The van der Waals surface area contributed by atoms with Crippen LogP contribution >= 0.6 is 0 Å². The van der Waals surface area contributed by atoms with Gasteiger partial charge < -0.3 is 10.2 Å². The number of nitrogens with zero attached hydrogens (tertiary/aromatic N) is 2. The lowest BCUT2D eigenvalue weighted by Crippen LogP contribution is -2.64. The van der Waals surface area contributed by atoms with Crippen LogP contribution in [-0.4, -0.2) is 60.6 Å². The molecule has 0 bridgehead atoms. The minimum atomic E-state index is 0.516. The molecule has 0 aromatic carbocycles. The van der Waals surface area contributed by atoms with Crippen LogP contribution in [-0.2, 0) is 0 Å². The summed E-state index contributed by atoms with van der Waals surface area (Å²) < 4.78 is 0. The predicted octanol–water partition coefficient (Wildman–Crippen LogP) is 2.47. The molecule has 1 aliphatic carbocycles. The van der Waals surface area contributed by atoms with Crippen molar-refractivity contribution >= 4 is 0 Å². The monoisotopic (exact) mass is 279 g/mol. The van der Waals surface area contributed by atoms with Gasteiger partial charge in [0.2, 0.25) is 0 Å². The van der Waals surface area contributed by atoms with Gasteiger partial charge in [0.1, 0.15) is 0 Å². The Labute approximate surface area is 125 Å². The first-order valence-corrected chi connectivity index (χ1v) is 9.04. The number of hydrogen-bond donors (Lipinski definition) is 1. The fourth-order valence-electron chi connectivity index (χ4n) is 4.87. The number of rotatable bonds is 2. The lowest BCUT2D eigenvalue weighted by molar-refractivity contribution is -0.0117. The van der Waals surface area contributed by atoms with E-state index in [0.29, 0.717) is 5.54 Å². The Morgan fingerprint density at radius 3 is 2.65 bits per heavy atom. The highest BCUT2D eigenvalue weighted by Gasteiger charge is 2.42. The number of likely N-dealkylation sites (tertiary alicyclic amines) is 1. The Kier molecular flexibility index (Phi) is 5.00. The standard InChI is InChI=1S/C17H33N3/c1-2-19-12-6-7-16(8-13-19)20-14-11-18-15-17(20)9-4-3-5-10-17/h16,18H,2-15H2,1H3. The summed E-state index contributed by atoms with van der Waals surface area (Å²) in [6.45, 7) is 9.94. The second-order valence-electron chi connectivity index (χ2n) is 7.17. The van der Waals surface area contributed by atoms with Gasteiger partial charge in [-0.25, -0.2) is 0 Å². The van der Waals surface area contributed by atoms with Gasteiger partial charge in [-0.3, -0.25) is 4.90 Å². The average molecular weight is 279 g/mol.